The molecule has 0 atom stereocenters. The summed E-state index contributed by atoms with van der Waals surface area (Å²) in [7, 11) is -2.67. The van der Waals surface area contributed by atoms with Crippen molar-refractivity contribution in [1.82, 2.24) is 0 Å². The molecule has 0 aliphatic heterocycles. The Balaban J connectivity index is 2.27. The van der Waals surface area contributed by atoms with E-state index in [0.717, 1.165) is 29.3 Å². The molecule has 1 aliphatic rings. The van der Waals surface area contributed by atoms with E-state index in [0.29, 0.717) is 0 Å². The molecule has 2 rings (SSSR count). The van der Waals surface area contributed by atoms with Crippen LogP contribution in [0.3, 0.4) is 0 Å². The molecular weight excluding hydrogens is 557 g/mol. The van der Waals surface area contributed by atoms with Gasteiger partial charge in [-0.05, 0) is 0 Å². The summed E-state index contributed by atoms with van der Waals surface area (Å²) in [5.41, 5.74) is -0.591. The normalized spacial score (nSPS) is 19.5. The number of rotatable bonds is 3. The molecule has 1 N–H and O–H groups in total. The molecule has 1 aromatic carbocycles. The Labute approximate surface area is 133 Å². The number of aliphatic hydroxyl groups is 1. The van der Waals surface area contributed by atoms with E-state index < -0.39 is 16.0 Å². The molecule has 0 aromatic heterocycles. The van der Waals surface area contributed by atoms with Gasteiger partial charge in [0.05, 0.1) is 0 Å². The van der Waals surface area contributed by atoms with Crippen molar-refractivity contribution in [2.45, 2.75) is 37.7 Å². The molecule has 18 heavy (non-hydrogen) atoms. The van der Waals surface area contributed by atoms with Crippen LogP contribution < -0.4 is 3.58 Å². The minimum atomic E-state index is -2.67. The van der Waals surface area contributed by atoms with Crippen LogP contribution in [0, 0.1) is 0 Å². The van der Waals surface area contributed by atoms with Gasteiger partial charge in [0, 0.05) is 0 Å². The Kier molecular flexibility index (Phi) is 5.45. The van der Waals surface area contributed by atoms with Gasteiger partial charge in [0.1, 0.15) is 0 Å². The number of hydrogen-bond donors (Lipinski definition) is 1. The molecule has 0 bridgehead atoms. The molecule has 1 nitrogen and oxygen atoms in total. The van der Waals surface area contributed by atoms with Crippen LogP contribution in [0.2, 0.25) is 0 Å². The molecule has 1 saturated carbocycles. The summed E-state index contributed by atoms with van der Waals surface area (Å²) in [5, 5.41) is 10.9. The summed E-state index contributed by atoms with van der Waals surface area (Å²) in [5.74, 6) is 0. The summed E-state index contributed by atoms with van der Waals surface area (Å²) in [6, 6.07) is 10.6. The molecular formula is C14H18I2OSn. The molecule has 4 heteroatoms. The molecule has 0 radical (unpaired) electrons. The van der Waals surface area contributed by atoms with Crippen LogP contribution in [-0.4, -0.2) is 21.1 Å². The first kappa shape index (κ1) is 15.6. The van der Waals surface area contributed by atoms with Crippen molar-refractivity contribution in [2.75, 3.05) is 0 Å². The summed E-state index contributed by atoms with van der Waals surface area (Å²) >= 11 is 5.23. The van der Waals surface area contributed by atoms with Crippen molar-refractivity contribution in [1.29, 1.82) is 0 Å². The van der Waals surface area contributed by atoms with Crippen molar-refractivity contribution in [3.63, 3.8) is 0 Å². The first-order chi connectivity index (χ1) is 8.47. The van der Waals surface area contributed by atoms with Crippen molar-refractivity contribution in [2.24, 2.45) is 0 Å². The molecule has 1 fully saturated rings. The van der Waals surface area contributed by atoms with Crippen molar-refractivity contribution < 1.29 is 5.11 Å². The SMILES string of the molecule is C=[C](C1(O)CCCCC1)[Sn]([I])([I])[c]1ccccc1. The van der Waals surface area contributed by atoms with Crippen LogP contribution in [0.15, 0.2) is 40.5 Å². The van der Waals surface area contributed by atoms with Crippen molar-refractivity contribution in [3.8, 4) is 0 Å². The second kappa shape index (κ2) is 6.30. The maximum atomic E-state index is 10.9. The topological polar surface area (TPSA) is 20.2 Å². The fourth-order valence-corrected chi connectivity index (χ4v) is 19.2. The fourth-order valence-electron chi connectivity index (χ4n) is 2.55. The summed E-state index contributed by atoms with van der Waals surface area (Å²) in [6.45, 7) is 4.33. The second-order valence-electron chi connectivity index (χ2n) is 5.01. The molecule has 0 saturated heterocycles. The third kappa shape index (κ3) is 3.25. The quantitative estimate of drug-likeness (QED) is 0.428. The van der Waals surface area contributed by atoms with E-state index in [1.807, 2.05) is 0 Å². The zero-order valence-electron chi connectivity index (χ0n) is 10.3. The van der Waals surface area contributed by atoms with Gasteiger partial charge in [-0.3, -0.25) is 0 Å². The average Bonchev–Trinajstić information content (AvgIpc) is 2.40. The van der Waals surface area contributed by atoms with Gasteiger partial charge in [-0.1, -0.05) is 0 Å². The zero-order chi connectivity index (χ0) is 13.2. The number of benzene rings is 1. The Morgan fingerprint density at radius 2 is 1.67 bits per heavy atom. The van der Waals surface area contributed by atoms with Crippen molar-refractivity contribution in [3.05, 3.63) is 40.5 Å². The van der Waals surface area contributed by atoms with Crippen LogP contribution in [0.5, 0.6) is 0 Å². The van der Waals surface area contributed by atoms with E-state index in [2.05, 4.69) is 74.2 Å². The first-order valence-corrected chi connectivity index (χ1v) is 25.8. The Morgan fingerprint density at radius 1 is 1.11 bits per heavy atom. The Hall–Kier alpha value is 1.18. The van der Waals surface area contributed by atoms with Gasteiger partial charge >= 0.3 is 135 Å². The predicted molar refractivity (Wildman–Crippen MR) is 97.0 cm³/mol. The fraction of sp³-hybridized carbons (Fsp3) is 0.429. The maximum absolute atomic E-state index is 10.9. The van der Waals surface area contributed by atoms with Crippen LogP contribution in [0.4, 0.5) is 0 Å². The second-order valence-corrected chi connectivity index (χ2v) is 47.2. The van der Waals surface area contributed by atoms with Gasteiger partial charge in [0.15, 0.2) is 0 Å². The van der Waals surface area contributed by atoms with Gasteiger partial charge in [0.25, 0.3) is 0 Å². The van der Waals surface area contributed by atoms with Gasteiger partial charge in [-0.25, -0.2) is 0 Å². The molecule has 1 aliphatic carbocycles. The molecule has 98 valence electrons. The molecule has 0 spiro atoms. The van der Waals surface area contributed by atoms with Crippen LogP contribution in [-0.2, 0) is 0 Å². The summed E-state index contributed by atoms with van der Waals surface area (Å²) < 4.78 is 2.57. The van der Waals surface area contributed by atoms with Gasteiger partial charge in [-0.15, -0.1) is 0 Å². The monoisotopic (exact) mass is 576 g/mol. The Morgan fingerprint density at radius 3 is 2.22 bits per heavy atom. The van der Waals surface area contributed by atoms with Gasteiger partial charge in [0.2, 0.25) is 0 Å². The van der Waals surface area contributed by atoms with E-state index in [4.69, 9.17) is 0 Å². The van der Waals surface area contributed by atoms with E-state index in [-0.39, 0.29) is 0 Å². The molecule has 0 amide bonds. The van der Waals surface area contributed by atoms with Crippen LogP contribution >= 0.6 is 37.3 Å². The van der Waals surface area contributed by atoms with Crippen molar-refractivity contribution >= 4 is 51.3 Å². The van der Waals surface area contributed by atoms with E-state index in [1.54, 1.807) is 0 Å². The molecule has 0 heterocycles. The predicted octanol–water partition coefficient (Wildman–Crippen LogP) is 4.00. The zero-order valence-corrected chi connectivity index (χ0v) is 17.5. The summed E-state index contributed by atoms with van der Waals surface area (Å²) in [4.78, 5) is 0. The van der Waals surface area contributed by atoms with E-state index >= 15 is 0 Å². The van der Waals surface area contributed by atoms with Crippen LogP contribution in [0.1, 0.15) is 32.1 Å². The Bertz CT molecular complexity index is 425. The third-order valence-corrected chi connectivity index (χ3v) is 27.4. The standard InChI is InChI=1S/C8H13O.C6H5.2HI.Sn/c1-2-8(9)6-4-3-5-7-8;1-2-4-6-5-3-1;;;/h9H,1,3-7H2;1-5H;2*1H;/q;;;;+2/p-2. The molecule has 1 aromatic rings. The minimum absolute atomic E-state index is 0.591. The molecule has 0 unspecified atom stereocenters. The van der Waals surface area contributed by atoms with E-state index in [9.17, 15) is 5.11 Å². The van der Waals surface area contributed by atoms with Crippen LogP contribution in [0.25, 0.3) is 0 Å². The van der Waals surface area contributed by atoms with E-state index in [1.165, 1.54) is 10.0 Å². The van der Waals surface area contributed by atoms with Gasteiger partial charge in [-0.2, -0.15) is 0 Å². The average molecular weight is 575 g/mol. The first-order valence-electron chi connectivity index (χ1n) is 6.32. The number of halogens is 2. The third-order valence-electron chi connectivity index (χ3n) is 3.76. The summed E-state index contributed by atoms with van der Waals surface area (Å²) in [6.07, 6.45) is 5.34. The number of hydrogen-bond acceptors (Lipinski definition) is 1. The van der Waals surface area contributed by atoms with Gasteiger partial charge < -0.3 is 0 Å².